The molecule has 0 aromatic heterocycles. The van der Waals surface area contributed by atoms with Crippen LogP contribution in [0, 0.1) is 0 Å². The van der Waals surface area contributed by atoms with E-state index in [4.69, 9.17) is 9.47 Å². The van der Waals surface area contributed by atoms with E-state index in [1.54, 1.807) is 31.1 Å². The van der Waals surface area contributed by atoms with Crippen LogP contribution in [-0.2, 0) is 22.4 Å². The molecule has 6 heteroatoms. The van der Waals surface area contributed by atoms with Crippen molar-refractivity contribution >= 4 is 17.5 Å². The zero-order valence-corrected chi connectivity index (χ0v) is 17.7. The molecule has 0 unspecified atom stereocenters. The number of ether oxygens (including phenoxy) is 2. The van der Waals surface area contributed by atoms with Crippen LogP contribution in [0.15, 0.2) is 42.5 Å². The summed E-state index contributed by atoms with van der Waals surface area (Å²) in [7, 11) is 1.55. The summed E-state index contributed by atoms with van der Waals surface area (Å²) in [6.45, 7) is 6.33. The molecule has 2 amide bonds. The third-order valence-electron chi connectivity index (χ3n) is 4.70. The Kier molecular flexibility index (Phi) is 8.52. The Morgan fingerprint density at radius 2 is 1.59 bits per heavy atom. The first-order valence-corrected chi connectivity index (χ1v) is 9.93. The molecule has 1 N–H and O–H groups in total. The second kappa shape index (κ2) is 11.1. The number of para-hydroxylation sites is 3. The summed E-state index contributed by atoms with van der Waals surface area (Å²) in [5.41, 5.74) is 3.22. The number of hydrogen-bond donors (Lipinski definition) is 1. The Morgan fingerprint density at radius 3 is 2.14 bits per heavy atom. The van der Waals surface area contributed by atoms with E-state index < -0.39 is 0 Å². The summed E-state index contributed by atoms with van der Waals surface area (Å²) in [5, 5.41) is 2.82. The molecule has 0 saturated carbocycles. The van der Waals surface area contributed by atoms with Gasteiger partial charge in [0.05, 0.1) is 12.8 Å². The van der Waals surface area contributed by atoms with Crippen molar-refractivity contribution in [2.75, 3.05) is 31.7 Å². The highest BCUT2D eigenvalue weighted by Gasteiger charge is 2.18. The minimum absolute atomic E-state index is 0.0416. The zero-order chi connectivity index (χ0) is 21.2. The molecular formula is C23H30N2O4. The Bertz CT molecular complexity index is 813. The average molecular weight is 399 g/mol. The maximum Gasteiger partial charge on any atom is 0.258 e. The summed E-state index contributed by atoms with van der Waals surface area (Å²) in [4.78, 5) is 26.2. The summed E-state index contributed by atoms with van der Waals surface area (Å²) < 4.78 is 10.7. The van der Waals surface area contributed by atoms with Crippen molar-refractivity contribution in [1.82, 2.24) is 5.32 Å². The average Bonchev–Trinajstić information content (AvgIpc) is 2.74. The number of amides is 2. The lowest BCUT2D eigenvalue weighted by Gasteiger charge is -2.26. The topological polar surface area (TPSA) is 67.9 Å². The summed E-state index contributed by atoms with van der Waals surface area (Å²) in [6, 6.07) is 13.3. The molecule has 2 aromatic carbocycles. The summed E-state index contributed by atoms with van der Waals surface area (Å²) in [5.74, 6) is 0.797. The number of carbonyl (C=O) groups is 2. The third kappa shape index (κ3) is 5.98. The minimum Gasteiger partial charge on any atom is -0.493 e. The quantitative estimate of drug-likeness (QED) is 0.666. The maximum atomic E-state index is 12.3. The van der Waals surface area contributed by atoms with Crippen molar-refractivity contribution in [1.29, 1.82) is 0 Å². The van der Waals surface area contributed by atoms with Crippen molar-refractivity contribution in [3.05, 3.63) is 53.6 Å². The van der Waals surface area contributed by atoms with Crippen LogP contribution >= 0.6 is 0 Å². The highest BCUT2D eigenvalue weighted by atomic mass is 16.5. The molecule has 6 nitrogen and oxygen atoms in total. The highest BCUT2D eigenvalue weighted by Crippen LogP contribution is 2.27. The lowest BCUT2D eigenvalue weighted by molar-refractivity contribution is -0.123. The van der Waals surface area contributed by atoms with Crippen molar-refractivity contribution < 1.29 is 19.1 Å². The number of rotatable bonds is 10. The van der Waals surface area contributed by atoms with E-state index in [1.165, 1.54) is 0 Å². The fourth-order valence-corrected chi connectivity index (χ4v) is 3.23. The van der Waals surface area contributed by atoms with Gasteiger partial charge in [-0.3, -0.25) is 9.59 Å². The molecule has 0 aliphatic rings. The van der Waals surface area contributed by atoms with Crippen LogP contribution in [0.4, 0.5) is 5.69 Å². The van der Waals surface area contributed by atoms with Gasteiger partial charge < -0.3 is 19.7 Å². The number of hydrogen-bond acceptors (Lipinski definition) is 4. The van der Waals surface area contributed by atoms with E-state index in [0.29, 0.717) is 24.6 Å². The van der Waals surface area contributed by atoms with Gasteiger partial charge in [0.2, 0.25) is 5.91 Å². The Hall–Kier alpha value is -3.02. The Labute approximate surface area is 172 Å². The molecule has 2 rings (SSSR count). The first-order chi connectivity index (χ1) is 14.0. The second-order valence-corrected chi connectivity index (χ2v) is 6.59. The molecular weight excluding hydrogens is 368 g/mol. The lowest BCUT2D eigenvalue weighted by Crippen LogP contribution is -2.39. The fourth-order valence-electron chi connectivity index (χ4n) is 3.23. The number of aryl methyl sites for hydroxylation is 2. The number of carbonyl (C=O) groups excluding carboxylic acids is 2. The molecule has 0 radical (unpaired) electrons. The highest BCUT2D eigenvalue weighted by molar-refractivity contribution is 5.93. The first kappa shape index (κ1) is 22.3. The van der Waals surface area contributed by atoms with Crippen LogP contribution in [-0.4, -0.2) is 38.6 Å². The summed E-state index contributed by atoms with van der Waals surface area (Å²) in [6.07, 6.45) is 1.68. The lowest BCUT2D eigenvalue weighted by atomic mass is 10.0. The van der Waals surface area contributed by atoms with E-state index >= 15 is 0 Å². The number of anilines is 1. The predicted octanol–water partition coefficient (Wildman–Crippen LogP) is 3.37. The third-order valence-corrected chi connectivity index (χ3v) is 4.70. The number of benzene rings is 2. The van der Waals surface area contributed by atoms with E-state index in [9.17, 15) is 9.59 Å². The Balaban J connectivity index is 1.97. The molecule has 156 valence electrons. The first-order valence-electron chi connectivity index (χ1n) is 9.93. The SMILES string of the molecule is CCc1cccc(CC)c1N(CCNC(=O)COc1ccccc1OC)C(C)=O. The molecule has 0 aliphatic heterocycles. The van der Waals surface area contributed by atoms with Crippen LogP contribution in [0.25, 0.3) is 0 Å². The predicted molar refractivity (Wildman–Crippen MR) is 115 cm³/mol. The monoisotopic (exact) mass is 398 g/mol. The van der Waals surface area contributed by atoms with Gasteiger partial charge in [-0.1, -0.05) is 44.2 Å². The van der Waals surface area contributed by atoms with Gasteiger partial charge in [0.15, 0.2) is 18.1 Å². The minimum atomic E-state index is -0.251. The smallest absolute Gasteiger partial charge is 0.258 e. The van der Waals surface area contributed by atoms with E-state index in [1.807, 2.05) is 30.3 Å². The standard InChI is InChI=1S/C23H30N2O4/c1-5-18-10-9-11-19(6-2)23(18)25(17(3)26)15-14-24-22(27)16-29-21-13-8-7-12-20(21)28-4/h7-13H,5-6,14-16H2,1-4H3,(H,24,27). The largest absolute Gasteiger partial charge is 0.493 e. The molecule has 0 spiro atoms. The van der Waals surface area contributed by atoms with Gasteiger partial charge in [-0.2, -0.15) is 0 Å². The van der Waals surface area contributed by atoms with Crippen LogP contribution in [0.5, 0.6) is 11.5 Å². The number of methoxy groups -OCH3 is 1. The zero-order valence-electron chi connectivity index (χ0n) is 17.7. The molecule has 29 heavy (non-hydrogen) atoms. The molecule has 0 fully saturated rings. The van der Waals surface area contributed by atoms with Gasteiger partial charge in [0.25, 0.3) is 5.91 Å². The van der Waals surface area contributed by atoms with Crippen LogP contribution in [0.3, 0.4) is 0 Å². The Morgan fingerprint density at radius 1 is 0.966 bits per heavy atom. The van der Waals surface area contributed by atoms with Gasteiger partial charge in [0.1, 0.15) is 0 Å². The molecule has 0 bridgehead atoms. The van der Waals surface area contributed by atoms with Gasteiger partial charge in [0, 0.05) is 20.0 Å². The van der Waals surface area contributed by atoms with Crippen LogP contribution < -0.4 is 19.7 Å². The molecule has 0 aliphatic carbocycles. The van der Waals surface area contributed by atoms with Crippen molar-refractivity contribution in [2.45, 2.75) is 33.6 Å². The van der Waals surface area contributed by atoms with Crippen LogP contribution in [0.2, 0.25) is 0 Å². The molecule has 2 aromatic rings. The molecule has 0 saturated heterocycles. The molecule has 0 atom stereocenters. The van der Waals surface area contributed by atoms with Crippen molar-refractivity contribution in [3.8, 4) is 11.5 Å². The maximum absolute atomic E-state index is 12.3. The van der Waals surface area contributed by atoms with Gasteiger partial charge in [-0.25, -0.2) is 0 Å². The number of nitrogens with one attached hydrogen (secondary N) is 1. The van der Waals surface area contributed by atoms with Crippen molar-refractivity contribution in [3.63, 3.8) is 0 Å². The van der Waals surface area contributed by atoms with Crippen LogP contribution in [0.1, 0.15) is 31.9 Å². The van der Waals surface area contributed by atoms with E-state index in [2.05, 4.69) is 19.2 Å². The van der Waals surface area contributed by atoms with E-state index in [0.717, 1.165) is 29.7 Å². The van der Waals surface area contributed by atoms with Gasteiger partial charge in [-0.15, -0.1) is 0 Å². The normalized spacial score (nSPS) is 10.3. The van der Waals surface area contributed by atoms with Gasteiger partial charge >= 0.3 is 0 Å². The number of nitrogens with zero attached hydrogens (tertiary/aromatic N) is 1. The van der Waals surface area contributed by atoms with E-state index in [-0.39, 0.29) is 18.4 Å². The second-order valence-electron chi connectivity index (χ2n) is 6.59. The van der Waals surface area contributed by atoms with Gasteiger partial charge in [-0.05, 0) is 36.1 Å². The fraction of sp³-hybridized carbons (Fsp3) is 0.391. The molecule has 0 heterocycles. The van der Waals surface area contributed by atoms with Crippen molar-refractivity contribution in [2.24, 2.45) is 0 Å². The summed E-state index contributed by atoms with van der Waals surface area (Å²) >= 11 is 0.